The Labute approximate surface area is 164 Å². The van der Waals surface area contributed by atoms with E-state index in [0.717, 1.165) is 27.6 Å². The second kappa shape index (κ2) is 7.08. The number of carbonyl (C=O) groups is 1. The molecule has 0 aliphatic rings. The lowest BCUT2D eigenvalue weighted by Crippen LogP contribution is -2.20. The lowest BCUT2D eigenvalue weighted by molar-refractivity contribution is -0.118. The van der Waals surface area contributed by atoms with Gasteiger partial charge in [0.25, 0.3) is 5.91 Å². The van der Waals surface area contributed by atoms with Crippen LogP contribution in [0, 0.1) is 0 Å². The van der Waals surface area contributed by atoms with Gasteiger partial charge in [-0.1, -0.05) is 18.2 Å². The monoisotopic (exact) mass is 385 g/mol. The molecule has 29 heavy (non-hydrogen) atoms. The average Bonchev–Trinajstić information content (AvgIpc) is 3.41. The Morgan fingerprint density at radius 2 is 1.83 bits per heavy atom. The summed E-state index contributed by atoms with van der Waals surface area (Å²) < 4.78 is 13.0. The summed E-state index contributed by atoms with van der Waals surface area (Å²) >= 11 is 0. The number of rotatable bonds is 5. The maximum absolute atomic E-state index is 12.2. The van der Waals surface area contributed by atoms with Crippen LogP contribution < -0.4 is 10.1 Å². The fourth-order valence-electron chi connectivity index (χ4n) is 3.12. The number of tetrazole rings is 1. The Balaban J connectivity index is 1.25. The van der Waals surface area contributed by atoms with Gasteiger partial charge in [-0.05, 0) is 59.0 Å². The molecular formula is C21H15N5O3. The van der Waals surface area contributed by atoms with Crippen molar-refractivity contribution in [2.45, 2.75) is 0 Å². The van der Waals surface area contributed by atoms with Gasteiger partial charge in [0.1, 0.15) is 23.2 Å². The first kappa shape index (κ1) is 16.9. The first-order valence-electron chi connectivity index (χ1n) is 8.94. The summed E-state index contributed by atoms with van der Waals surface area (Å²) in [7, 11) is 0. The summed E-state index contributed by atoms with van der Waals surface area (Å²) in [6.07, 6.45) is 1.50. The second-order valence-corrected chi connectivity index (χ2v) is 6.39. The molecule has 142 valence electrons. The third-order valence-corrected chi connectivity index (χ3v) is 4.48. The zero-order valence-electron chi connectivity index (χ0n) is 15.1. The van der Waals surface area contributed by atoms with Crippen molar-refractivity contribution in [1.29, 1.82) is 0 Å². The van der Waals surface area contributed by atoms with Crippen LogP contribution in [-0.4, -0.2) is 32.7 Å². The number of hydrogen-bond donors (Lipinski definition) is 1. The predicted octanol–water partition coefficient (Wildman–Crippen LogP) is 3.58. The molecule has 2 aromatic heterocycles. The lowest BCUT2D eigenvalue weighted by Gasteiger charge is -2.08. The van der Waals surface area contributed by atoms with Gasteiger partial charge in [-0.2, -0.15) is 0 Å². The molecule has 0 atom stereocenters. The third kappa shape index (κ3) is 3.39. The molecule has 1 N–H and O–H groups in total. The molecule has 0 bridgehead atoms. The fraction of sp³-hybridized carbons (Fsp3) is 0.0476. The molecule has 0 spiro atoms. The Bertz CT molecular complexity index is 1290. The largest absolute Gasteiger partial charge is 0.484 e. The molecule has 5 aromatic rings. The molecule has 3 aromatic carbocycles. The number of amides is 1. The van der Waals surface area contributed by atoms with Gasteiger partial charge < -0.3 is 14.5 Å². The maximum atomic E-state index is 12.2. The smallest absolute Gasteiger partial charge is 0.262 e. The highest BCUT2D eigenvalue weighted by Gasteiger charge is 2.09. The number of hydrogen-bond acceptors (Lipinski definition) is 6. The number of benzene rings is 3. The van der Waals surface area contributed by atoms with Crippen LogP contribution in [-0.2, 0) is 4.79 Å². The number of nitrogens with zero attached hydrogens (tertiary/aromatic N) is 4. The predicted molar refractivity (Wildman–Crippen MR) is 107 cm³/mol. The summed E-state index contributed by atoms with van der Waals surface area (Å²) in [4.78, 5) is 12.2. The van der Waals surface area contributed by atoms with E-state index in [0.29, 0.717) is 11.4 Å². The molecule has 0 radical (unpaired) electrons. The van der Waals surface area contributed by atoms with E-state index in [4.69, 9.17) is 9.15 Å². The highest BCUT2D eigenvalue weighted by atomic mass is 16.5. The highest BCUT2D eigenvalue weighted by Crippen LogP contribution is 2.31. The number of ether oxygens (including phenoxy) is 1. The molecular weight excluding hydrogens is 370 g/mol. The van der Waals surface area contributed by atoms with Crippen molar-refractivity contribution in [3.63, 3.8) is 0 Å². The molecule has 0 unspecified atom stereocenters. The number of aromatic nitrogens is 4. The van der Waals surface area contributed by atoms with E-state index < -0.39 is 0 Å². The van der Waals surface area contributed by atoms with Gasteiger partial charge in [0.05, 0.1) is 5.69 Å². The van der Waals surface area contributed by atoms with Crippen molar-refractivity contribution in [1.82, 2.24) is 20.2 Å². The Hall–Kier alpha value is -4.20. The van der Waals surface area contributed by atoms with Crippen molar-refractivity contribution in [2.75, 3.05) is 11.9 Å². The van der Waals surface area contributed by atoms with Gasteiger partial charge in [0.15, 0.2) is 6.61 Å². The van der Waals surface area contributed by atoms with Crippen LogP contribution in [0.25, 0.3) is 27.6 Å². The molecule has 0 saturated heterocycles. The molecule has 8 nitrogen and oxygen atoms in total. The number of furan rings is 1. The van der Waals surface area contributed by atoms with Gasteiger partial charge >= 0.3 is 0 Å². The van der Waals surface area contributed by atoms with Gasteiger partial charge in [0, 0.05) is 16.5 Å². The van der Waals surface area contributed by atoms with Crippen molar-refractivity contribution < 1.29 is 13.9 Å². The molecule has 0 fully saturated rings. The topological polar surface area (TPSA) is 95.1 Å². The van der Waals surface area contributed by atoms with E-state index in [9.17, 15) is 4.79 Å². The normalized spacial score (nSPS) is 11.0. The Morgan fingerprint density at radius 3 is 2.66 bits per heavy atom. The first-order chi connectivity index (χ1) is 14.3. The zero-order valence-corrected chi connectivity index (χ0v) is 15.1. The Kier molecular flexibility index (Phi) is 4.14. The van der Waals surface area contributed by atoms with Crippen LogP contribution >= 0.6 is 0 Å². The van der Waals surface area contributed by atoms with Crippen LogP contribution in [0.2, 0.25) is 0 Å². The molecule has 1 amide bonds. The molecule has 0 aliphatic heterocycles. The average molecular weight is 385 g/mol. The number of carbonyl (C=O) groups excluding carboxylic acids is 1. The quantitative estimate of drug-likeness (QED) is 0.497. The summed E-state index contributed by atoms with van der Waals surface area (Å²) in [5, 5.41) is 15.8. The molecule has 8 heteroatoms. The lowest BCUT2D eigenvalue weighted by atomic mass is 10.1. The minimum absolute atomic E-state index is 0.101. The van der Waals surface area contributed by atoms with Crippen LogP contribution in [0.4, 0.5) is 5.69 Å². The zero-order chi connectivity index (χ0) is 19.6. The molecule has 2 heterocycles. The number of nitrogens with one attached hydrogen (secondary N) is 1. The van der Waals surface area contributed by atoms with Crippen molar-refractivity contribution in [3.8, 4) is 11.4 Å². The van der Waals surface area contributed by atoms with E-state index in [1.165, 1.54) is 11.0 Å². The molecule has 5 rings (SSSR count). The third-order valence-electron chi connectivity index (χ3n) is 4.48. The summed E-state index contributed by atoms with van der Waals surface area (Å²) in [6, 6.07) is 20.5. The van der Waals surface area contributed by atoms with Crippen molar-refractivity contribution >= 4 is 33.5 Å². The van der Waals surface area contributed by atoms with E-state index in [1.54, 1.807) is 18.2 Å². The second-order valence-electron chi connectivity index (χ2n) is 6.39. The summed E-state index contributed by atoms with van der Waals surface area (Å²) in [5.41, 5.74) is 3.06. The SMILES string of the molecule is O=C(COc1ccc2oc3ccccc3c2c1)Nc1ccc(-n2cnnn2)cc1. The standard InChI is InChI=1S/C21H15N5O3/c27-21(23-14-5-7-15(8-6-14)26-13-22-24-25-26)12-28-16-9-10-20-18(11-16)17-3-1-2-4-19(17)29-20/h1-11,13H,12H2,(H,23,27). The van der Waals surface area contributed by atoms with E-state index in [1.807, 2.05) is 48.5 Å². The molecule has 0 saturated carbocycles. The van der Waals surface area contributed by atoms with Gasteiger partial charge in [-0.15, -0.1) is 5.10 Å². The van der Waals surface area contributed by atoms with Gasteiger partial charge in [-0.3, -0.25) is 4.79 Å². The van der Waals surface area contributed by atoms with E-state index in [2.05, 4.69) is 20.8 Å². The minimum Gasteiger partial charge on any atom is -0.484 e. The van der Waals surface area contributed by atoms with Crippen LogP contribution in [0.5, 0.6) is 5.75 Å². The Morgan fingerprint density at radius 1 is 1.00 bits per heavy atom. The number of para-hydroxylation sites is 1. The fourth-order valence-corrected chi connectivity index (χ4v) is 3.12. The van der Waals surface area contributed by atoms with Gasteiger partial charge in [0.2, 0.25) is 0 Å². The summed E-state index contributed by atoms with van der Waals surface area (Å²) in [5.74, 6) is 0.352. The van der Waals surface area contributed by atoms with Gasteiger partial charge in [-0.25, -0.2) is 4.68 Å². The van der Waals surface area contributed by atoms with Crippen LogP contribution in [0.15, 0.2) is 77.5 Å². The van der Waals surface area contributed by atoms with Crippen LogP contribution in [0.1, 0.15) is 0 Å². The van der Waals surface area contributed by atoms with Crippen LogP contribution in [0.3, 0.4) is 0 Å². The first-order valence-corrected chi connectivity index (χ1v) is 8.94. The van der Waals surface area contributed by atoms with Crippen molar-refractivity contribution in [2.24, 2.45) is 0 Å². The van der Waals surface area contributed by atoms with Crippen molar-refractivity contribution in [3.05, 3.63) is 73.1 Å². The summed E-state index contributed by atoms with van der Waals surface area (Å²) in [6.45, 7) is -0.101. The van der Waals surface area contributed by atoms with E-state index >= 15 is 0 Å². The highest BCUT2D eigenvalue weighted by molar-refractivity contribution is 6.05. The molecule has 0 aliphatic carbocycles. The maximum Gasteiger partial charge on any atom is 0.262 e. The number of anilines is 1. The van der Waals surface area contributed by atoms with E-state index in [-0.39, 0.29) is 12.5 Å². The number of fused-ring (bicyclic) bond motifs is 3. The minimum atomic E-state index is -0.252.